The number of phenolic OH excluding ortho intramolecular Hbond substituents is 1. The van der Waals surface area contributed by atoms with Gasteiger partial charge in [-0.2, -0.15) is 5.01 Å². The average Bonchev–Trinajstić information content (AvgIpc) is 3.61. The SMILES string of the molecule is COc1cc(O)c(C2C3=CCC4C(=O)N(c5cc([N+](=O)[O-])c(N(C)C)c([N+](=O)[O-])c5)C(=O)C4C3CC3C(=O)N(Nc4ccc(F)cc4)C(=O)C32c2ccc(Cl)cc2)c(OC)c1. The molecule has 2 aliphatic heterocycles. The summed E-state index contributed by atoms with van der Waals surface area (Å²) in [5.41, 5.74) is -0.170. The van der Waals surface area contributed by atoms with Crippen LogP contribution >= 0.6 is 11.6 Å². The van der Waals surface area contributed by atoms with Crippen LogP contribution < -0.4 is 24.7 Å². The molecular formula is C42H36ClFN6O11. The van der Waals surface area contributed by atoms with E-state index >= 15 is 4.79 Å². The van der Waals surface area contributed by atoms with Crippen LogP contribution in [0.15, 0.2) is 84.4 Å². The standard InChI is InChI=1S/C42H36ClFN6O11/c1-46(2)37-30(49(56)57)15-24(16-31(37)50(58)59)47-38(52)27-14-13-26-28(34(27)40(47)54)19-29-39(53)48(45-23-11-9-22(44)10-12-23)41(55)42(29,20-5-7-21(43)8-6-20)36(26)35-32(51)17-25(60-3)18-33(35)61-4/h5-13,15-18,27-29,34,36,45,51H,14,19H2,1-4H3. The molecule has 61 heavy (non-hydrogen) atoms. The lowest BCUT2D eigenvalue weighted by Crippen LogP contribution is -2.53. The number of nitrogens with one attached hydrogen (secondary N) is 1. The molecule has 6 unspecified atom stereocenters. The number of fused-ring (bicyclic) bond motifs is 4. The number of nitro groups is 2. The fourth-order valence-corrected chi connectivity index (χ4v) is 9.97. The minimum atomic E-state index is -1.88. The topological polar surface area (TPSA) is 215 Å². The monoisotopic (exact) mass is 854 g/mol. The zero-order valence-electron chi connectivity index (χ0n) is 32.8. The number of halogens is 2. The van der Waals surface area contributed by atoms with Gasteiger partial charge in [-0.15, -0.1) is 0 Å². The van der Waals surface area contributed by atoms with Crippen molar-refractivity contribution in [3.05, 3.63) is 127 Å². The van der Waals surface area contributed by atoms with Crippen molar-refractivity contribution in [2.24, 2.45) is 23.7 Å². The number of nitrogens with zero attached hydrogens (tertiary/aromatic N) is 5. The minimum absolute atomic E-state index is 0.0684. The largest absolute Gasteiger partial charge is 0.507 e. The smallest absolute Gasteiger partial charge is 0.301 e. The average molecular weight is 855 g/mol. The highest BCUT2D eigenvalue weighted by Gasteiger charge is 2.71. The van der Waals surface area contributed by atoms with Gasteiger partial charge >= 0.3 is 11.4 Å². The third-order valence-electron chi connectivity index (χ3n) is 12.2. The van der Waals surface area contributed by atoms with E-state index in [9.17, 15) is 44.1 Å². The van der Waals surface area contributed by atoms with E-state index < -0.39 is 85.7 Å². The van der Waals surface area contributed by atoms with Crippen LogP contribution in [0.25, 0.3) is 0 Å². The van der Waals surface area contributed by atoms with E-state index in [1.807, 2.05) is 0 Å². The summed E-state index contributed by atoms with van der Waals surface area (Å²) in [4.78, 5) is 84.5. The first-order chi connectivity index (χ1) is 29.0. The Hall–Kier alpha value is -7.08. The quantitative estimate of drug-likeness (QED) is 0.0779. The number of allylic oxidation sites excluding steroid dienone is 2. The molecule has 2 N–H and O–H groups in total. The Morgan fingerprint density at radius 2 is 1.52 bits per heavy atom. The molecule has 19 heteroatoms. The Balaban J connectivity index is 1.35. The van der Waals surface area contributed by atoms with E-state index in [0.29, 0.717) is 16.2 Å². The van der Waals surface area contributed by atoms with Gasteiger partial charge in [0.1, 0.15) is 23.1 Å². The molecule has 17 nitrogen and oxygen atoms in total. The van der Waals surface area contributed by atoms with E-state index in [4.69, 9.17) is 21.1 Å². The molecule has 2 heterocycles. The first-order valence-corrected chi connectivity index (χ1v) is 19.3. The first-order valence-electron chi connectivity index (χ1n) is 18.9. The Morgan fingerprint density at radius 1 is 0.885 bits per heavy atom. The molecule has 4 amide bonds. The normalized spacial score (nSPS) is 24.2. The van der Waals surface area contributed by atoms with Gasteiger partial charge in [-0.05, 0) is 60.7 Å². The summed E-state index contributed by atoms with van der Waals surface area (Å²) >= 11 is 6.37. The number of hydrazine groups is 1. The van der Waals surface area contributed by atoms with Gasteiger partial charge in [0.05, 0.1) is 58.6 Å². The van der Waals surface area contributed by atoms with E-state index in [1.54, 1.807) is 30.3 Å². The lowest BCUT2D eigenvalue weighted by Gasteiger charge is -2.50. The molecule has 4 aromatic rings. The van der Waals surface area contributed by atoms with Gasteiger partial charge in [-0.1, -0.05) is 35.4 Å². The molecule has 4 aliphatic rings. The number of imide groups is 2. The highest BCUT2D eigenvalue weighted by molar-refractivity contribution is 6.30. The van der Waals surface area contributed by atoms with E-state index in [2.05, 4.69) is 5.43 Å². The van der Waals surface area contributed by atoms with Gasteiger partial charge in [-0.25, -0.2) is 9.29 Å². The van der Waals surface area contributed by atoms with Crippen LogP contribution in [-0.2, 0) is 24.6 Å². The fourth-order valence-electron chi connectivity index (χ4n) is 9.84. The molecule has 2 aliphatic carbocycles. The summed E-state index contributed by atoms with van der Waals surface area (Å²) in [7, 11) is 5.49. The van der Waals surface area contributed by atoms with Crippen LogP contribution in [0.3, 0.4) is 0 Å². The molecule has 6 atom stereocenters. The van der Waals surface area contributed by atoms with Crippen LogP contribution in [0, 0.1) is 49.7 Å². The number of hydrogen-bond donors (Lipinski definition) is 2. The maximum atomic E-state index is 15.5. The summed E-state index contributed by atoms with van der Waals surface area (Å²) in [6.07, 6.45) is 1.43. The Kier molecular flexibility index (Phi) is 9.92. The minimum Gasteiger partial charge on any atom is -0.507 e. The van der Waals surface area contributed by atoms with Crippen molar-refractivity contribution in [2.75, 3.05) is 43.5 Å². The molecule has 4 aromatic carbocycles. The van der Waals surface area contributed by atoms with Crippen LogP contribution in [0.1, 0.15) is 29.9 Å². The molecule has 3 fully saturated rings. The molecule has 0 radical (unpaired) electrons. The summed E-state index contributed by atoms with van der Waals surface area (Å²) in [6.45, 7) is 0. The lowest BCUT2D eigenvalue weighted by atomic mass is 9.49. The summed E-state index contributed by atoms with van der Waals surface area (Å²) in [5.74, 6) is -9.61. The number of aromatic hydroxyl groups is 1. The number of ether oxygens (including phenoxy) is 2. The Bertz CT molecular complexity index is 2570. The number of amides is 4. The predicted octanol–water partition coefficient (Wildman–Crippen LogP) is 6.27. The van der Waals surface area contributed by atoms with Crippen LogP contribution in [0.4, 0.5) is 32.8 Å². The maximum absolute atomic E-state index is 15.5. The van der Waals surface area contributed by atoms with Crippen LogP contribution in [-0.4, -0.2) is 71.9 Å². The number of rotatable bonds is 10. The molecular weight excluding hydrogens is 819 g/mol. The van der Waals surface area contributed by atoms with Crippen molar-refractivity contribution in [3.63, 3.8) is 0 Å². The van der Waals surface area contributed by atoms with Crippen molar-refractivity contribution < 1.29 is 48.0 Å². The number of methoxy groups -OCH3 is 2. The summed E-state index contributed by atoms with van der Waals surface area (Å²) in [5, 5.41) is 37.6. The van der Waals surface area contributed by atoms with E-state index in [-0.39, 0.29) is 52.7 Å². The van der Waals surface area contributed by atoms with Crippen LogP contribution in [0.2, 0.25) is 5.02 Å². The zero-order chi connectivity index (χ0) is 43.8. The van der Waals surface area contributed by atoms with Crippen molar-refractivity contribution in [2.45, 2.75) is 24.2 Å². The van der Waals surface area contributed by atoms with E-state index in [1.165, 1.54) is 57.5 Å². The number of phenols is 1. The number of anilines is 3. The van der Waals surface area contributed by atoms with Crippen molar-refractivity contribution in [3.8, 4) is 17.2 Å². The molecule has 314 valence electrons. The van der Waals surface area contributed by atoms with Gasteiger partial charge < -0.3 is 19.5 Å². The Morgan fingerprint density at radius 3 is 2.10 bits per heavy atom. The predicted molar refractivity (Wildman–Crippen MR) is 217 cm³/mol. The molecule has 0 aromatic heterocycles. The van der Waals surface area contributed by atoms with Gasteiger partial charge in [0.25, 0.3) is 11.8 Å². The molecule has 0 spiro atoms. The van der Waals surface area contributed by atoms with Gasteiger partial charge in [-0.3, -0.25) is 44.8 Å². The van der Waals surface area contributed by atoms with Gasteiger partial charge in [0.2, 0.25) is 11.8 Å². The number of carbonyl (C=O) groups excluding carboxylic acids is 4. The first kappa shape index (κ1) is 40.7. The van der Waals surface area contributed by atoms with E-state index in [0.717, 1.165) is 34.2 Å². The molecule has 2 saturated heterocycles. The number of hydrogen-bond acceptors (Lipinski definition) is 13. The van der Waals surface area contributed by atoms with Crippen molar-refractivity contribution >= 4 is 63.7 Å². The van der Waals surface area contributed by atoms with Crippen LogP contribution in [0.5, 0.6) is 17.2 Å². The second-order valence-corrected chi connectivity index (χ2v) is 15.8. The second-order valence-electron chi connectivity index (χ2n) is 15.4. The maximum Gasteiger partial charge on any atom is 0.301 e. The number of carbonyl (C=O) groups is 4. The number of nitro benzene ring substituents is 2. The number of benzene rings is 4. The zero-order valence-corrected chi connectivity index (χ0v) is 33.6. The van der Waals surface area contributed by atoms with Crippen molar-refractivity contribution in [1.82, 2.24) is 5.01 Å². The molecule has 8 rings (SSSR count). The summed E-state index contributed by atoms with van der Waals surface area (Å²) < 4.78 is 25.3. The molecule has 0 bridgehead atoms. The fraction of sp³-hybridized carbons (Fsp3) is 0.286. The third kappa shape index (κ3) is 6.10. The lowest BCUT2D eigenvalue weighted by molar-refractivity contribution is -0.392. The Labute approximate surface area is 351 Å². The molecule has 1 saturated carbocycles. The third-order valence-corrected chi connectivity index (χ3v) is 12.5. The van der Waals surface area contributed by atoms with Gasteiger partial charge in [0.15, 0.2) is 5.69 Å². The van der Waals surface area contributed by atoms with Crippen molar-refractivity contribution in [1.29, 1.82) is 0 Å². The second kappa shape index (κ2) is 14.9. The van der Waals surface area contributed by atoms with Gasteiger partial charge in [0, 0.05) is 54.9 Å². The highest BCUT2D eigenvalue weighted by Crippen LogP contribution is 2.66. The highest BCUT2D eigenvalue weighted by atomic mass is 35.5. The summed E-state index contributed by atoms with van der Waals surface area (Å²) in [6, 6.07) is 15.9.